The SMILES string of the molecule is COCCCN1C(=O)c2ccc(C(=O)Oc3ccc(C(=O)OC)cc3)cc2C1=O. The second-order valence-electron chi connectivity index (χ2n) is 6.27. The average Bonchev–Trinajstić information content (AvgIpc) is 2.98. The lowest BCUT2D eigenvalue weighted by atomic mass is 10.1. The third-order valence-corrected chi connectivity index (χ3v) is 4.42. The first-order valence-electron chi connectivity index (χ1n) is 8.86. The van der Waals surface area contributed by atoms with E-state index in [1.165, 1.54) is 49.6 Å². The topological polar surface area (TPSA) is 99.2 Å². The van der Waals surface area contributed by atoms with Gasteiger partial charge in [-0.25, -0.2) is 9.59 Å². The van der Waals surface area contributed by atoms with Crippen molar-refractivity contribution in [1.29, 1.82) is 0 Å². The van der Waals surface area contributed by atoms with Gasteiger partial charge in [-0.2, -0.15) is 0 Å². The van der Waals surface area contributed by atoms with Crippen LogP contribution in [0.15, 0.2) is 42.5 Å². The van der Waals surface area contributed by atoms with Crippen molar-refractivity contribution in [3.05, 3.63) is 64.7 Å². The van der Waals surface area contributed by atoms with Crippen LogP contribution in [-0.4, -0.2) is 56.0 Å². The van der Waals surface area contributed by atoms with E-state index in [1.807, 2.05) is 0 Å². The molecule has 0 bridgehead atoms. The summed E-state index contributed by atoms with van der Waals surface area (Å²) in [5.41, 5.74) is 0.887. The molecule has 2 amide bonds. The van der Waals surface area contributed by atoms with Crippen LogP contribution in [-0.2, 0) is 9.47 Å². The molecule has 0 aromatic heterocycles. The second-order valence-corrected chi connectivity index (χ2v) is 6.27. The minimum atomic E-state index is -0.684. The van der Waals surface area contributed by atoms with Gasteiger partial charge in [0.15, 0.2) is 0 Å². The Morgan fingerprint density at radius 3 is 2.17 bits per heavy atom. The molecule has 8 heteroatoms. The summed E-state index contributed by atoms with van der Waals surface area (Å²) in [7, 11) is 2.82. The van der Waals surface area contributed by atoms with Gasteiger partial charge in [-0.15, -0.1) is 0 Å². The van der Waals surface area contributed by atoms with Crippen LogP contribution in [0, 0.1) is 0 Å². The molecule has 1 aliphatic rings. The highest BCUT2D eigenvalue weighted by Crippen LogP contribution is 2.25. The van der Waals surface area contributed by atoms with E-state index in [0.29, 0.717) is 18.6 Å². The number of methoxy groups -OCH3 is 2. The molecule has 150 valence electrons. The molecule has 1 heterocycles. The zero-order valence-corrected chi connectivity index (χ0v) is 16.0. The smallest absolute Gasteiger partial charge is 0.343 e. The van der Waals surface area contributed by atoms with Gasteiger partial charge < -0.3 is 14.2 Å². The standard InChI is InChI=1S/C21H19NO7/c1-27-11-3-10-22-18(23)16-9-6-14(12-17(16)19(22)24)21(26)29-15-7-4-13(5-8-15)20(25)28-2/h4-9,12H,3,10-11H2,1-2H3. The van der Waals surface area contributed by atoms with Crippen molar-refractivity contribution in [2.24, 2.45) is 0 Å². The third-order valence-electron chi connectivity index (χ3n) is 4.42. The number of benzene rings is 2. The van der Waals surface area contributed by atoms with Crippen LogP contribution in [0.1, 0.15) is 47.9 Å². The highest BCUT2D eigenvalue weighted by atomic mass is 16.5. The van der Waals surface area contributed by atoms with Crippen molar-refractivity contribution in [2.75, 3.05) is 27.4 Å². The molecule has 0 atom stereocenters. The van der Waals surface area contributed by atoms with Gasteiger partial charge in [0.1, 0.15) is 5.75 Å². The summed E-state index contributed by atoms with van der Waals surface area (Å²) in [5.74, 6) is -1.79. The number of ether oxygens (including phenoxy) is 3. The van der Waals surface area contributed by atoms with E-state index in [2.05, 4.69) is 4.74 Å². The molecule has 0 radical (unpaired) electrons. The van der Waals surface area contributed by atoms with Crippen LogP contribution in [0.4, 0.5) is 0 Å². The number of fused-ring (bicyclic) bond motifs is 1. The predicted octanol–water partition coefficient (Wildman–Crippen LogP) is 2.32. The van der Waals surface area contributed by atoms with Crippen LogP contribution in [0.25, 0.3) is 0 Å². The molecule has 2 aromatic carbocycles. The number of nitrogens with zero attached hydrogens (tertiary/aromatic N) is 1. The number of hydrogen-bond acceptors (Lipinski definition) is 7. The normalized spacial score (nSPS) is 12.7. The van der Waals surface area contributed by atoms with Gasteiger partial charge in [-0.3, -0.25) is 14.5 Å². The first kappa shape index (κ1) is 20.2. The summed E-state index contributed by atoms with van der Waals surface area (Å²) in [6.07, 6.45) is 0.526. The van der Waals surface area contributed by atoms with Crippen LogP contribution >= 0.6 is 0 Å². The number of carbonyl (C=O) groups excluding carboxylic acids is 4. The van der Waals surface area contributed by atoms with Crippen LogP contribution in [0.5, 0.6) is 5.75 Å². The molecule has 0 saturated heterocycles. The fourth-order valence-electron chi connectivity index (χ4n) is 2.93. The van der Waals surface area contributed by atoms with Gasteiger partial charge in [0.05, 0.1) is 29.4 Å². The van der Waals surface area contributed by atoms with Gasteiger partial charge in [0, 0.05) is 20.3 Å². The fourth-order valence-corrected chi connectivity index (χ4v) is 2.93. The molecule has 0 unspecified atom stereocenters. The van der Waals surface area contributed by atoms with E-state index >= 15 is 0 Å². The Morgan fingerprint density at radius 1 is 0.862 bits per heavy atom. The van der Waals surface area contributed by atoms with Gasteiger partial charge in [0.2, 0.25) is 0 Å². The Kier molecular flexibility index (Phi) is 6.04. The van der Waals surface area contributed by atoms with Gasteiger partial charge in [0.25, 0.3) is 11.8 Å². The number of amides is 2. The Labute approximate surface area is 167 Å². The maximum absolute atomic E-state index is 12.5. The molecule has 2 aromatic rings. The molecule has 0 saturated carbocycles. The maximum Gasteiger partial charge on any atom is 0.343 e. The summed E-state index contributed by atoms with van der Waals surface area (Å²) < 4.78 is 14.8. The number of rotatable bonds is 7. The lowest BCUT2D eigenvalue weighted by molar-refractivity contribution is 0.0597. The summed E-state index contributed by atoms with van der Waals surface area (Å²) in [4.78, 5) is 49.9. The van der Waals surface area contributed by atoms with Gasteiger partial charge in [-0.05, 0) is 48.9 Å². The van der Waals surface area contributed by atoms with Crippen molar-refractivity contribution in [3.8, 4) is 5.75 Å². The first-order valence-corrected chi connectivity index (χ1v) is 8.86. The lowest BCUT2D eigenvalue weighted by Crippen LogP contribution is -2.31. The van der Waals surface area contributed by atoms with E-state index in [-0.39, 0.29) is 34.9 Å². The first-order chi connectivity index (χ1) is 14.0. The van der Waals surface area contributed by atoms with E-state index in [4.69, 9.17) is 9.47 Å². The number of carbonyl (C=O) groups is 4. The van der Waals surface area contributed by atoms with Gasteiger partial charge in [-0.1, -0.05) is 0 Å². The number of esters is 2. The van der Waals surface area contributed by atoms with Crippen molar-refractivity contribution in [3.63, 3.8) is 0 Å². The summed E-state index contributed by atoms with van der Waals surface area (Å²) in [6.45, 7) is 0.673. The molecule has 29 heavy (non-hydrogen) atoms. The predicted molar refractivity (Wildman–Crippen MR) is 101 cm³/mol. The zero-order valence-electron chi connectivity index (χ0n) is 16.0. The largest absolute Gasteiger partial charge is 0.465 e. The quantitative estimate of drug-likeness (QED) is 0.306. The van der Waals surface area contributed by atoms with E-state index in [9.17, 15) is 19.2 Å². The number of hydrogen-bond donors (Lipinski definition) is 0. The Morgan fingerprint density at radius 2 is 1.52 bits per heavy atom. The minimum absolute atomic E-state index is 0.140. The molecule has 0 aliphatic carbocycles. The molecular weight excluding hydrogens is 378 g/mol. The Hall–Kier alpha value is -3.52. The van der Waals surface area contributed by atoms with Gasteiger partial charge >= 0.3 is 11.9 Å². The minimum Gasteiger partial charge on any atom is -0.465 e. The Balaban J connectivity index is 1.73. The van der Waals surface area contributed by atoms with Crippen LogP contribution < -0.4 is 4.74 Å². The van der Waals surface area contributed by atoms with Crippen molar-refractivity contribution in [1.82, 2.24) is 4.90 Å². The fraction of sp³-hybridized carbons (Fsp3) is 0.238. The Bertz CT molecular complexity index is 965. The van der Waals surface area contributed by atoms with Crippen molar-refractivity contribution >= 4 is 23.8 Å². The molecule has 8 nitrogen and oxygen atoms in total. The lowest BCUT2D eigenvalue weighted by Gasteiger charge is -2.12. The summed E-state index contributed by atoms with van der Waals surface area (Å²) >= 11 is 0. The van der Waals surface area contributed by atoms with Crippen LogP contribution in [0.3, 0.4) is 0 Å². The van der Waals surface area contributed by atoms with E-state index in [0.717, 1.165) is 4.90 Å². The maximum atomic E-state index is 12.5. The van der Waals surface area contributed by atoms with E-state index in [1.54, 1.807) is 7.11 Å². The molecule has 0 N–H and O–H groups in total. The van der Waals surface area contributed by atoms with E-state index < -0.39 is 17.8 Å². The molecule has 1 aliphatic heterocycles. The monoisotopic (exact) mass is 397 g/mol. The second kappa shape index (κ2) is 8.66. The highest BCUT2D eigenvalue weighted by molar-refractivity contribution is 6.22. The van der Waals surface area contributed by atoms with Crippen LogP contribution in [0.2, 0.25) is 0 Å². The number of imide groups is 1. The molecule has 0 spiro atoms. The third kappa shape index (κ3) is 4.17. The molecule has 0 fully saturated rings. The average molecular weight is 397 g/mol. The summed E-state index contributed by atoms with van der Waals surface area (Å²) in [6, 6.07) is 10.1. The van der Waals surface area contributed by atoms with Crippen molar-refractivity contribution in [2.45, 2.75) is 6.42 Å². The van der Waals surface area contributed by atoms with Crippen molar-refractivity contribution < 1.29 is 33.4 Å². The summed E-state index contributed by atoms with van der Waals surface area (Å²) in [5, 5.41) is 0. The molecular formula is C21H19NO7. The highest BCUT2D eigenvalue weighted by Gasteiger charge is 2.35. The zero-order chi connectivity index (χ0) is 21.0. The molecule has 3 rings (SSSR count).